The Bertz CT molecular complexity index is 503. The van der Waals surface area contributed by atoms with Gasteiger partial charge in [0.05, 0.1) is 27.6 Å². The summed E-state index contributed by atoms with van der Waals surface area (Å²) in [7, 11) is 5.76. The van der Waals surface area contributed by atoms with E-state index in [2.05, 4.69) is 0 Å². The van der Waals surface area contributed by atoms with Crippen molar-refractivity contribution in [3.63, 3.8) is 0 Å². The summed E-state index contributed by atoms with van der Waals surface area (Å²) < 4.78 is 5.76. The SMILES string of the molecule is C[N+](C)(C)C[C@@H](CC(=O)O)OC(=O)/C=C/c1ccccc1. The lowest BCUT2D eigenvalue weighted by molar-refractivity contribution is -0.873. The van der Waals surface area contributed by atoms with Crippen LogP contribution in [0.4, 0.5) is 0 Å². The number of benzene rings is 1. The topological polar surface area (TPSA) is 63.6 Å². The number of esters is 1. The normalized spacial score (nSPS) is 13.1. The van der Waals surface area contributed by atoms with Gasteiger partial charge in [-0.25, -0.2) is 4.79 Å². The second-order valence-electron chi connectivity index (χ2n) is 5.87. The summed E-state index contributed by atoms with van der Waals surface area (Å²) in [6.07, 6.45) is 2.13. The molecule has 0 amide bonds. The first-order valence-corrected chi connectivity index (χ1v) is 6.72. The summed E-state index contributed by atoms with van der Waals surface area (Å²) >= 11 is 0. The number of aliphatic carboxylic acids is 1. The van der Waals surface area contributed by atoms with Gasteiger partial charge in [-0.3, -0.25) is 4.79 Å². The van der Waals surface area contributed by atoms with Crippen LogP contribution in [-0.2, 0) is 14.3 Å². The largest absolute Gasteiger partial charge is 0.481 e. The minimum absolute atomic E-state index is 0.194. The molecule has 0 aliphatic heterocycles. The van der Waals surface area contributed by atoms with Gasteiger partial charge in [-0.1, -0.05) is 30.3 Å². The molecule has 0 radical (unpaired) electrons. The number of carboxylic acids is 1. The molecule has 1 atom stereocenters. The number of carboxylic acid groups (broad SMARTS) is 1. The summed E-state index contributed by atoms with van der Waals surface area (Å²) in [5.74, 6) is -1.51. The van der Waals surface area contributed by atoms with Gasteiger partial charge in [-0.15, -0.1) is 0 Å². The fraction of sp³-hybridized carbons (Fsp3) is 0.375. The van der Waals surface area contributed by atoms with Gasteiger partial charge in [0.2, 0.25) is 0 Å². The molecule has 114 valence electrons. The van der Waals surface area contributed by atoms with E-state index in [1.165, 1.54) is 6.08 Å². The summed E-state index contributed by atoms with van der Waals surface area (Å²) in [6, 6.07) is 9.36. The number of hydrogen-bond acceptors (Lipinski definition) is 3. The summed E-state index contributed by atoms with van der Waals surface area (Å²) in [5, 5.41) is 8.89. The fourth-order valence-corrected chi connectivity index (χ4v) is 1.88. The van der Waals surface area contributed by atoms with Crippen molar-refractivity contribution in [2.75, 3.05) is 27.7 Å². The predicted octanol–water partition coefficient (Wildman–Crippen LogP) is 1.79. The van der Waals surface area contributed by atoms with Crippen LogP contribution in [0.3, 0.4) is 0 Å². The minimum atomic E-state index is -0.978. The molecule has 0 heterocycles. The van der Waals surface area contributed by atoms with Crippen LogP contribution in [0, 0.1) is 0 Å². The zero-order chi connectivity index (χ0) is 15.9. The second-order valence-corrected chi connectivity index (χ2v) is 5.87. The minimum Gasteiger partial charge on any atom is -0.481 e. The van der Waals surface area contributed by atoms with Crippen LogP contribution in [0.15, 0.2) is 36.4 Å². The summed E-state index contributed by atoms with van der Waals surface area (Å²) in [4.78, 5) is 22.6. The number of carbonyl (C=O) groups is 2. The van der Waals surface area contributed by atoms with Crippen molar-refractivity contribution in [3.8, 4) is 0 Å². The number of ether oxygens (including phenoxy) is 1. The first kappa shape index (κ1) is 16.9. The van der Waals surface area contributed by atoms with Gasteiger partial charge in [-0.05, 0) is 11.6 Å². The molecule has 5 nitrogen and oxygen atoms in total. The van der Waals surface area contributed by atoms with Gasteiger partial charge < -0.3 is 14.3 Å². The molecule has 0 saturated heterocycles. The van der Waals surface area contributed by atoms with Crippen LogP contribution in [0.2, 0.25) is 0 Å². The fourth-order valence-electron chi connectivity index (χ4n) is 1.88. The molecule has 0 saturated carbocycles. The van der Waals surface area contributed by atoms with Crippen molar-refractivity contribution >= 4 is 18.0 Å². The van der Waals surface area contributed by atoms with Gasteiger partial charge in [-0.2, -0.15) is 0 Å². The number of nitrogens with zero attached hydrogens (tertiary/aromatic N) is 1. The predicted molar refractivity (Wildman–Crippen MR) is 80.5 cm³/mol. The number of likely N-dealkylation sites (N-methyl/N-ethyl adjacent to an activating group) is 1. The molecule has 0 unspecified atom stereocenters. The third kappa shape index (κ3) is 7.89. The number of carbonyl (C=O) groups excluding carboxylic acids is 1. The molecule has 1 aromatic rings. The van der Waals surface area contributed by atoms with E-state index in [4.69, 9.17) is 9.84 Å². The van der Waals surface area contributed by atoms with Crippen molar-refractivity contribution in [1.29, 1.82) is 0 Å². The highest BCUT2D eigenvalue weighted by molar-refractivity contribution is 5.87. The maximum Gasteiger partial charge on any atom is 0.331 e. The lowest BCUT2D eigenvalue weighted by atomic mass is 10.2. The molecule has 0 aliphatic carbocycles. The molecule has 0 aliphatic rings. The Kier molecular flexibility index (Phi) is 6.11. The van der Waals surface area contributed by atoms with E-state index < -0.39 is 18.0 Å². The van der Waals surface area contributed by atoms with Crippen molar-refractivity contribution in [1.82, 2.24) is 0 Å². The molecular weight excluding hydrogens is 270 g/mol. The maximum atomic E-state index is 11.8. The molecule has 1 N–H and O–H groups in total. The van der Waals surface area contributed by atoms with Crippen LogP contribution < -0.4 is 0 Å². The third-order valence-electron chi connectivity index (χ3n) is 2.65. The quantitative estimate of drug-likeness (QED) is 0.473. The Balaban J connectivity index is 2.63. The van der Waals surface area contributed by atoms with Crippen molar-refractivity contribution in [2.24, 2.45) is 0 Å². The van der Waals surface area contributed by atoms with Crippen molar-refractivity contribution in [3.05, 3.63) is 42.0 Å². The van der Waals surface area contributed by atoms with Gasteiger partial charge in [0.25, 0.3) is 0 Å². The Labute approximate surface area is 125 Å². The van der Waals surface area contributed by atoms with Crippen LogP contribution in [0.5, 0.6) is 0 Å². The van der Waals surface area contributed by atoms with E-state index in [1.807, 2.05) is 51.5 Å². The molecule has 21 heavy (non-hydrogen) atoms. The van der Waals surface area contributed by atoms with E-state index in [0.717, 1.165) is 5.56 Å². The Hall–Kier alpha value is -2.14. The van der Waals surface area contributed by atoms with E-state index >= 15 is 0 Å². The van der Waals surface area contributed by atoms with E-state index in [-0.39, 0.29) is 6.42 Å². The molecular formula is C16H22NO4+. The highest BCUT2D eigenvalue weighted by Crippen LogP contribution is 2.07. The van der Waals surface area contributed by atoms with Crippen molar-refractivity contribution in [2.45, 2.75) is 12.5 Å². The van der Waals surface area contributed by atoms with Gasteiger partial charge in [0, 0.05) is 6.08 Å². The van der Waals surface area contributed by atoms with E-state index in [0.29, 0.717) is 11.0 Å². The zero-order valence-corrected chi connectivity index (χ0v) is 12.7. The first-order chi connectivity index (χ1) is 9.76. The molecule has 0 fully saturated rings. The lowest BCUT2D eigenvalue weighted by Gasteiger charge is -2.28. The smallest absolute Gasteiger partial charge is 0.331 e. The number of quaternary nitrogens is 1. The van der Waals surface area contributed by atoms with Gasteiger partial charge in [0.1, 0.15) is 6.54 Å². The van der Waals surface area contributed by atoms with Gasteiger partial charge in [0.15, 0.2) is 6.10 Å². The Morgan fingerprint density at radius 2 is 1.86 bits per heavy atom. The van der Waals surface area contributed by atoms with E-state index in [1.54, 1.807) is 6.08 Å². The van der Waals surface area contributed by atoms with Crippen LogP contribution in [-0.4, -0.2) is 55.3 Å². The highest BCUT2D eigenvalue weighted by Gasteiger charge is 2.23. The standard InChI is InChI=1S/C16H21NO4/c1-17(2,3)12-14(11-15(18)19)21-16(20)10-9-13-7-5-4-6-8-13/h4-10,14H,11-12H2,1-3H3/p+1/b10-9+/t14-/m1/s1. The summed E-state index contributed by atoms with van der Waals surface area (Å²) in [5.41, 5.74) is 0.885. The average molecular weight is 292 g/mol. The summed E-state index contributed by atoms with van der Waals surface area (Å²) in [6.45, 7) is 0.442. The molecule has 1 aromatic carbocycles. The molecule has 0 spiro atoms. The van der Waals surface area contributed by atoms with Gasteiger partial charge >= 0.3 is 11.9 Å². The number of rotatable bonds is 7. The van der Waals surface area contributed by atoms with Crippen molar-refractivity contribution < 1.29 is 23.9 Å². The van der Waals surface area contributed by atoms with Crippen LogP contribution in [0.25, 0.3) is 6.08 Å². The zero-order valence-electron chi connectivity index (χ0n) is 12.7. The molecule has 0 aromatic heterocycles. The lowest BCUT2D eigenvalue weighted by Crippen LogP contribution is -2.43. The second kappa shape index (κ2) is 7.59. The Morgan fingerprint density at radius 3 is 2.38 bits per heavy atom. The van der Waals surface area contributed by atoms with Crippen LogP contribution in [0.1, 0.15) is 12.0 Å². The highest BCUT2D eigenvalue weighted by atomic mass is 16.5. The molecule has 5 heteroatoms. The maximum absolute atomic E-state index is 11.8. The van der Waals surface area contributed by atoms with Crippen LogP contribution >= 0.6 is 0 Å². The monoisotopic (exact) mass is 292 g/mol. The average Bonchev–Trinajstić information content (AvgIpc) is 2.34. The molecule has 1 rings (SSSR count). The first-order valence-electron chi connectivity index (χ1n) is 6.72. The Morgan fingerprint density at radius 1 is 1.24 bits per heavy atom. The third-order valence-corrected chi connectivity index (χ3v) is 2.65. The molecule has 0 bridgehead atoms. The van der Waals surface area contributed by atoms with E-state index in [9.17, 15) is 9.59 Å². The number of hydrogen-bond donors (Lipinski definition) is 1.